The summed E-state index contributed by atoms with van der Waals surface area (Å²) >= 11 is 0. The summed E-state index contributed by atoms with van der Waals surface area (Å²) in [6.45, 7) is 7.49. The highest BCUT2D eigenvalue weighted by Crippen LogP contribution is 2.28. The summed E-state index contributed by atoms with van der Waals surface area (Å²) in [7, 11) is 0. The molecule has 5 rings (SSSR count). The molecule has 1 saturated carbocycles. The smallest absolute Gasteiger partial charge is 0.254 e. The fourth-order valence-electron chi connectivity index (χ4n) is 4.74. The second-order valence-electron chi connectivity index (χ2n) is 9.76. The topological polar surface area (TPSA) is 75.1 Å². The Morgan fingerprint density at radius 1 is 1.09 bits per heavy atom. The minimum Gasteiger partial charge on any atom is -0.381 e. The summed E-state index contributed by atoms with van der Waals surface area (Å²) in [5.41, 5.74) is 4.27. The number of amides is 1. The molecule has 2 fully saturated rings. The monoisotopic (exact) mass is 476 g/mol. The van der Waals surface area contributed by atoms with Crippen LogP contribution >= 0.6 is 0 Å². The number of carbonyl (C=O) groups is 1. The first kappa shape index (κ1) is 23.5. The number of piperidine rings is 1. The van der Waals surface area contributed by atoms with Crippen molar-refractivity contribution in [2.45, 2.75) is 58.0 Å². The SMILES string of the molecule is CCCN1CCC(Nc2cncc(-n3cc(-c4cc(C(=O)NC5CC5)c(F)cc4C)cn3)c2)CC1. The first-order chi connectivity index (χ1) is 17.0. The third-order valence-corrected chi connectivity index (χ3v) is 6.85. The number of nitrogens with one attached hydrogen (secondary N) is 2. The van der Waals surface area contributed by atoms with Gasteiger partial charge in [0.1, 0.15) is 5.82 Å². The van der Waals surface area contributed by atoms with Crippen molar-refractivity contribution in [2.75, 3.05) is 25.0 Å². The maximum Gasteiger partial charge on any atom is 0.254 e. The Labute approximate surface area is 205 Å². The van der Waals surface area contributed by atoms with Gasteiger partial charge in [-0.25, -0.2) is 9.07 Å². The maximum atomic E-state index is 14.5. The Balaban J connectivity index is 1.31. The van der Waals surface area contributed by atoms with E-state index in [1.807, 2.05) is 25.4 Å². The molecule has 0 spiro atoms. The average molecular weight is 477 g/mol. The number of aryl methyl sites for hydroxylation is 1. The molecule has 2 aliphatic rings. The van der Waals surface area contributed by atoms with Crippen LogP contribution in [0.2, 0.25) is 0 Å². The van der Waals surface area contributed by atoms with Gasteiger partial charge in [0.15, 0.2) is 0 Å². The molecule has 1 aliphatic heterocycles. The van der Waals surface area contributed by atoms with Crippen molar-refractivity contribution in [3.05, 3.63) is 59.9 Å². The molecule has 0 atom stereocenters. The van der Waals surface area contributed by atoms with E-state index in [-0.39, 0.29) is 17.5 Å². The number of halogens is 1. The van der Waals surface area contributed by atoms with Crippen LogP contribution in [-0.2, 0) is 0 Å². The Bertz CT molecular complexity index is 1200. The van der Waals surface area contributed by atoms with Gasteiger partial charge < -0.3 is 15.5 Å². The van der Waals surface area contributed by atoms with E-state index < -0.39 is 5.82 Å². The zero-order valence-corrected chi connectivity index (χ0v) is 20.4. The molecule has 0 bridgehead atoms. The van der Waals surface area contributed by atoms with Crippen molar-refractivity contribution in [3.8, 4) is 16.8 Å². The predicted molar refractivity (Wildman–Crippen MR) is 135 cm³/mol. The maximum absolute atomic E-state index is 14.5. The minimum absolute atomic E-state index is 0.0723. The quantitative estimate of drug-likeness (QED) is 0.499. The molecule has 1 aliphatic carbocycles. The van der Waals surface area contributed by atoms with Gasteiger partial charge in [0.2, 0.25) is 0 Å². The van der Waals surface area contributed by atoms with Gasteiger partial charge in [-0.2, -0.15) is 5.10 Å². The normalized spacial score (nSPS) is 16.9. The molecule has 7 nitrogen and oxygen atoms in total. The zero-order valence-electron chi connectivity index (χ0n) is 20.4. The first-order valence-corrected chi connectivity index (χ1v) is 12.6. The van der Waals surface area contributed by atoms with Crippen LogP contribution in [-0.4, -0.2) is 57.3 Å². The lowest BCUT2D eigenvalue weighted by atomic mass is 9.99. The highest BCUT2D eigenvalue weighted by Gasteiger charge is 2.26. The van der Waals surface area contributed by atoms with Crippen LogP contribution in [0.4, 0.5) is 10.1 Å². The number of rotatable bonds is 8. The van der Waals surface area contributed by atoms with Crippen LogP contribution in [0.5, 0.6) is 0 Å². The van der Waals surface area contributed by atoms with Crippen LogP contribution < -0.4 is 10.6 Å². The van der Waals surface area contributed by atoms with Crippen LogP contribution in [0.1, 0.15) is 54.9 Å². The lowest BCUT2D eigenvalue weighted by Crippen LogP contribution is -2.39. The van der Waals surface area contributed by atoms with Gasteiger partial charge in [-0.15, -0.1) is 0 Å². The molecular weight excluding hydrogens is 443 g/mol. The summed E-state index contributed by atoms with van der Waals surface area (Å²) in [4.78, 5) is 19.4. The van der Waals surface area contributed by atoms with E-state index in [9.17, 15) is 9.18 Å². The van der Waals surface area contributed by atoms with E-state index in [1.165, 1.54) is 19.0 Å². The van der Waals surface area contributed by atoms with Crippen LogP contribution in [0.25, 0.3) is 16.8 Å². The molecular formula is C27H33FN6O. The molecule has 3 heterocycles. The Morgan fingerprint density at radius 3 is 2.63 bits per heavy atom. The number of hydrogen-bond acceptors (Lipinski definition) is 5. The number of carbonyl (C=O) groups excluding carboxylic acids is 1. The van der Waals surface area contributed by atoms with Gasteiger partial charge in [-0.1, -0.05) is 6.92 Å². The Kier molecular flexibility index (Phi) is 6.81. The number of anilines is 1. The largest absolute Gasteiger partial charge is 0.381 e. The van der Waals surface area contributed by atoms with Crippen molar-refractivity contribution in [3.63, 3.8) is 0 Å². The van der Waals surface area contributed by atoms with Crippen molar-refractivity contribution in [1.82, 2.24) is 25.0 Å². The molecule has 0 radical (unpaired) electrons. The molecule has 8 heteroatoms. The number of nitrogens with zero attached hydrogens (tertiary/aromatic N) is 4. The standard InChI is InChI=1S/C27H33FN6O/c1-3-8-33-9-6-21(7-10-33)31-22-12-23(16-29-15-22)34-17-19(14-30-34)24-13-25(26(28)11-18(24)2)27(35)32-20-4-5-20/h11-17,20-21,31H,3-10H2,1-2H3,(H,32,35). The Morgan fingerprint density at radius 2 is 1.89 bits per heavy atom. The Hall–Kier alpha value is -3.26. The molecule has 2 aromatic heterocycles. The summed E-state index contributed by atoms with van der Waals surface area (Å²) in [6.07, 6.45) is 12.6. The summed E-state index contributed by atoms with van der Waals surface area (Å²) in [5.74, 6) is -0.859. The zero-order chi connectivity index (χ0) is 24.4. The van der Waals surface area contributed by atoms with E-state index in [0.29, 0.717) is 6.04 Å². The fourth-order valence-corrected chi connectivity index (χ4v) is 4.74. The number of pyridine rings is 1. The molecule has 1 saturated heterocycles. The number of hydrogen-bond donors (Lipinski definition) is 2. The number of likely N-dealkylation sites (tertiary alicyclic amines) is 1. The van der Waals surface area contributed by atoms with Crippen molar-refractivity contribution in [2.24, 2.45) is 0 Å². The molecule has 3 aromatic rings. The minimum atomic E-state index is -0.500. The van der Waals surface area contributed by atoms with E-state index in [4.69, 9.17) is 0 Å². The molecule has 1 amide bonds. The number of aromatic nitrogens is 3. The van der Waals surface area contributed by atoms with Crippen LogP contribution in [0, 0.1) is 12.7 Å². The third-order valence-electron chi connectivity index (χ3n) is 6.85. The van der Waals surface area contributed by atoms with Gasteiger partial charge in [0.05, 0.1) is 35.5 Å². The highest BCUT2D eigenvalue weighted by atomic mass is 19.1. The molecule has 2 N–H and O–H groups in total. The van der Waals surface area contributed by atoms with Gasteiger partial charge >= 0.3 is 0 Å². The summed E-state index contributed by atoms with van der Waals surface area (Å²) in [5, 5.41) is 11.0. The van der Waals surface area contributed by atoms with E-state index >= 15 is 0 Å². The highest BCUT2D eigenvalue weighted by molar-refractivity contribution is 5.96. The first-order valence-electron chi connectivity index (χ1n) is 12.6. The molecule has 184 valence electrons. The third kappa shape index (κ3) is 5.53. The molecule has 1 aromatic carbocycles. The summed E-state index contributed by atoms with van der Waals surface area (Å²) < 4.78 is 16.3. The lowest BCUT2D eigenvalue weighted by molar-refractivity contribution is 0.0947. The van der Waals surface area contributed by atoms with Gasteiger partial charge in [0.25, 0.3) is 5.91 Å². The van der Waals surface area contributed by atoms with Crippen molar-refractivity contribution in [1.29, 1.82) is 0 Å². The van der Waals surface area contributed by atoms with Crippen molar-refractivity contribution >= 4 is 11.6 Å². The number of benzene rings is 1. The lowest BCUT2D eigenvalue weighted by Gasteiger charge is -2.32. The van der Waals surface area contributed by atoms with Crippen LogP contribution in [0.15, 0.2) is 43.0 Å². The van der Waals surface area contributed by atoms with Crippen LogP contribution in [0.3, 0.4) is 0 Å². The van der Waals surface area contributed by atoms with Gasteiger partial charge in [0, 0.05) is 36.9 Å². The molecule has 0 unspecified atom stereocenters. The second-order valence-corrected chi connectivity index (χ2v) is 9.76. The average Bonchev–Trinajstić information content (AvgIpc) is 3.52. The van der Waals surface area contributed by atoms with E-state index in [0.717, 1.165) is 66.8 Å². The predicted octanol–water partition coefficient (Wildman–Crippen LogP) is 4.56. The molecule has 35 heavy (non-hydrogen) atoms. The van der Waals surface area contributed by atoms with E-state index in [1.54, 1.807) is 23.1 Å². The van der Waals surface area contributed by atoms with Gasteiger partial charge in [-0.3, -0.25) is 9.78 Å². The van der Waals surface area contributed by atoms with Gasteiger partial charge in [-0.05, 0) is 74.9 Å². The second kappa shape index (κ2) is 10.2. The van der Waals surface area contributed by atoms with Crippen molar-refractivity contribution < 1.29 is 9.18 Å². The summed E-state index contributed by atoms with van der Waals surface area (Å²) in [6, 6.07) is 5.72. The fraction of sp³-hybridized carbons (Fsp3) is 0.444. The van der Waals surface area contributed by atoms with E-state index in [2.05, 4.69) is 32.5 Å².